The van der Waals surface area contributed by atoms with Crippen LogP contribution in [-0.2, 0) is 4.74 Å². The second-order valence-electron chi connectivity index (χ2n) is 3.38. The first-order chi connectivity index (χ1) is 8.42. The van der Waals surface area contributed by atoms with E-state index in [9.17, 15) is 19.7 Å². The highest BCUT2D eigenvalue weighted by Gasteiger charge is 2.26. The molecule has 1 aromatic carbocycles. The SMILES string of the molecule is COC(=O)c1cc(OC)c([N+](=O)[O-])c(C(C)=O)c1. The molecule has 0 bridgehead atoms. The van der Waals surface area contributed by atoms with Crippen molar-refractivity contribution in [2.24, 2.45) is 0 Å². The van der Waals surface area contributed by atoms with Gasteiger partial charge in [0.1, 0.15) is 0 Å². The maximum absolute atomic E-state index is 11.4. The maximum atomic E-state index is 11.4. The third-order valence-corrected chi connectivity index (χ3v) is 2.28. The number of rotatable bonds is 4. The lowest BCUT2D eigenvalue weighted by molar-refractivity contribution is -0.386. The standard InChI is InChI=1S/C11H11NO6/c1-6(13)8-4-7(11(14)18-3)5-9(17-2)10(8)12(15)16/h4-5H,1-3H3. The van der Waals surface area contributed by atoms with Crippen LogP contribution < -0.4 is 4.74 Å². The van der Waals surface area contributed by atoms with Gasteiger partial charge in [0, 0.05) is 6.07 Å². The zero-order chi connectivity index (χ0) is 13.9. The summed E-state index contributed by atoms with van der Waals surface area (Å²) in [5.74, 6) is -1.40. The molecule has 1 aromatic rings. The van der Waals surface area contributed by atoms with Crippen molar-refractivity contribution in [3.05, 3.63) is 33.4 Å². The smallest absolute Gasteiger partial charge is 0.338 e. The molecule has 1 rings (SSSR count). The lowest BCUT2D eigenvalue weighted by Gasteiger charge is -2.07. The fourth-order valence-corrected chi connectivity index (χ4v) is 1.46. The van der Waals surface area contributed by atoms with Gasteiger partial charge in [-0.2, -0.15) is 0 Å². The predicted molar refractivity (Wildman–Crippen MR) is 61.0 cm³/mol. The fourth-order valence-electron chi connectivity index (χ4n) is 1.46. The monoisotopic (exact) mass is 253 g/mol. The van der Waals surface area contributed by atoms with Gasteiger partial charge in [-0.3, -0.25) is 14.9 Å². The van der Waals surface area contributed by atoms with Crippen molar-refractivity contribution in [1.82, 2.24) is 0 Å². The first-order valence-electron chi connectivity index (χ1n) is 4.88. The Labute approximate surface area is 102 Å². The minimum atomic E-state index is -0.726. The van der Waals surface area contributed by atoms with E-state index in [2.05, 4.69) is 4.74 Å². The molecule has 18 heavy (non-hydrogen) atoms. The van der Waals surface area contributed by atoms with Crippen LogP contribution in [0.15, 0.2) is 12.1 Å². The molecule has 7 nitrogen and oxygen atoms in total. The molecule has 96 valence electrons. The molecule has 0 radical (unpaired) electrons. The molecule has 7 heteroatoms. The van der Waals surface area contributed by atoms with Gasteiger partial charge in [0.05, 0.1) is 30.3 Å². The van der Waals surface area contributed by atoms with E-state index >= 15 is 0 Å². The Kier molecular flexibility index (Phi) is 3.98. The first kappa shape index (κ1) is 13.6. The molecule has 0 heterocycles. The summed E-state index contributed by atoms with van der Waals surface area (Å²) >= 11 is 0. The molecule has 0 N–H and O–H groups in total. The Balaban J connectivity index is 3.58. The van der Waals surface area contributed by atoms with Crippen LogP contribution in [0.25, 0.3) is 0 Å². The average molecular weight is 253 g/mol. The molecule has 0 aliphatic carbocycles. The predicted octanol–water partition coefficient (Wildman–Crippen LogP) is 1.59. The minimum Gasteiger partial charge on any atom is -0.490 e. The molecule has 0 fully saturated rings. The minimum absolute atomic E-state index is 0.0187. The Bertz CT molecular complexity index is 523. The molecule has 0 aliphatic heterocycles. The number of esters is 1. The molecule has 0 amide bonds. The Hall–Kier alpha value is -2.44. The number of nitrogens with zero attached hydrogens (tertiary/aromatic N) is 1. The van der Waals surface area contributed by atoms with Crippen LogP contribution in [0.4, 0.5) is 5.69 Å². The highest BCUT2D eigenvalue weighted by atomic mass is 16.6. The molecular formula is C11H11NO6. The summed E-state index contributed by atoms with van der Waals surface area (Å²) in [6.45, 7) is 1.17. The molecule has 0 saturated heterocycles. The third kappa shape index (κ3) is 2.45. The van der Waals surface area contributed by atoms with E-state index < -0.39 is 22.4 Å². The average Bonchev–Trinajstić information content (AvgIpc) is 2.35. The van der Waals surface area contributed by atoms with Gasteiger partial charge in [0.25, 0.3) is 0 Å². The van der Waals surface area contributed by atoms with E-state index in [4.69, 9.17) is 4.74 Å². The van der Waals surface area contributed by atoms with Crippen molar-refractivity contribution in [1.29, 1.82) is 0 Å². The van der Waals surface area contributed by atoms with Crippen molar-refractivity contribution in [3.8, 4) is 5.75 Å². The maximum Gasteiger partial charge on any atom is 0.338 e. The largest absolute Gasteiger partial charge is 0.490 e. The Morgan fingerprint density at radius 1 is 1.28 bits per heavy atom. The number of ketones is 1. The lowest BCUT2D eigenvalue weighted by Crippen LogP contribution is -2.08. The number of hydrogen-bond donors (Lipinski definition) is 0. The summed E-state index contributed by atoms with van der Waals surface area (Å²) in [5.41, 5.74) is -0.637. The number of Topliss-reactive ketones (excluding diaryl/α,β-unsaturated/α-hetero) is 1. The number of methoxy groups -OCH3 is 2. The van der Waals surface area contributed by atoms with Gasteiger partial charge in [-0.25, -0.2) is 4.79 Å². The van der Waals surface area contributed by atoms with Crippen molar-refractivity contribution in [3.63, 3.8) is 0 Å². The number of hydrogen-bond acceptors (Lipinski definition) is 6. The lowest BCUT2D eigenvalue weighted by atomic mass is 10.0. The van der Waals surface area contributed by atoms with E-state index in [0.717, 1.165) is 12.1 Å². The summed E-state index contributed by atoms with van der Waals surface area (Å²) in [6, 6.07) is 2.28. The quantitative estimate of drug-likeness (QED) is 0.350. The Morgan fingerprint density at radius 3 is 2.28 bits per heavy atom. The van der Waals surface area contributed by atoms with Crippen LogP contribution in [0, 0.1) is 10.1 Å². The van der Waals surface area contributed by atoms with Crippen molar-refractivity contribution >= 4 is 17.4 Å². The second kappa shape index (κ2) is 5.26. The van der Waals surface area contributed by atoms with Crippen LogP contribution in [-0.4, -0.2) is 30.9 Å². The van der Waals surface area contributed by atoms with E-state index in [-0.39, 0.29) is 16.9 Å². The zero-order valence-electron chi connectivity index (χ0n) is 10.1. The van der Waals surface area contributed by atoms with Gasteiger partial charge in [-0.1, -0.05) is 0 Å². The molecule has 0 atom stereocenters. The van der Waals surface area contributed by atoms with Crippen LogP contribution in [0.2, 0.25) is 0 Å². The highest BCUT2D eigenvalue weighted by molar-refractivity contribution is 6.02. The fraction of sp³-hybridized carbons (Fsp3) is 0.273. The number of benzene rings is 1. The number of nitro benzene ring substituents is 1. The molecular weight excluding hydrogens is 242 g/mol. The van der Waals surface area contributed by atoms with Crippen molar-refractivity contribution < 1.29 is 24.0 Å². The normalized spacial score (nSPS) is 9.72. The van der Waals surface area contributed by atoms with Gasteiger partial charge in [-0.15, -0.1) is 0 Å². The van der Waals surface area contributed by atoms with Crippen LogP contribution in [0.5, 0.6) is 5.75 Å². The summed E-state index contributed by atoms with van der Waals surface area (Å²) < 4.78 is 9.33. The summed E-state index contributed by atoms with van der Waals surface area (Å²) in [5, 5.41) is 10.9. The van der Waals surface area contributed by atoms with E-state index in [1.165, 1.54) is 21.1 Å². The number of carbonyl (C=O) groups is 2. The number of carbonyl (C=O) groups excluding carboxylic acids is 2. The highest BCUT2D eigenvalue weighted by Crippen LogP contribution is 2.32. The van der Waals surface area contributed by atoms with Gasteiger partial charge in [0.15, 0.2) is 11.5 Å². The molecule has 0 aromatic heterocycles. The van der Waals surface area contributed by atoms with Crippen LogP contribution in [0.3, 0.4) is 0 Å². The van der Waals surface area contributed by atoms with Gasteiger partial charge in [0.2, 0.25) is 0 Å². The number of nitro groups is 1. The molecule has 0 unspecified atom stereocenters. The van der Waals surface area contributed by atoms with E-state index in [1.807, 2.05) is 0 Å². The van der Waals surface area contributed by atoms with Gasteiger partial charge >= 0.3 is 11.7 Å². The van der Waals surface area contributed by atoms with Gasteiger partial charge < -0.3 is 9.47 Å². The van der Waals surface area contributed by atoms with Crippen LogP contribution in [0.1, 0.15) is 27.6 Å². The molecule has 0 spiro atoms. The van der Waals surface area contributed by atoms with Crippen molar-refractivity contribution in [2.75, 3.05) is 14.2 Å². The van der Waals surface area contributed by atoms with Crippen LogP contribution >= 0.6 is 0 Å². The molecule has 0 aliphatic rings. The third-order valence-electron chi connectivity index (χ3n) is 2.28. The van der Waals surface area contributed by atoms with Gasteiger partial charge in [-0.05, 0) is 13.0 Å². The summed E-state index contributed by atoms with van der Waals surface area (Å²) in [7, 11) is 2.39. The van der Waals surface area contributed by atoms with E-state index in [0.29, 0.717) is 0 Å². The summed E-state index contributed by atoms with van der Waals surface area (Å²) in [6.07, 6.45) is 0. The van der Waals surface area contributed by atoms with E-state index in [1.54, 1.807) is 0 Å². The summed E-state index contributed by atoms with van der Waals surface area (Å²) in [4.78, 5) is 33.0. The number of ether oxygens (including phenoxy) is 2. The Morgan fingerprint density at radius 2 is 1.89 bits per heavy atom. The zero-order valence-corrected chi connectivity index (χ0v) is 10.1. The topological polar surface area (TPSA) is 95.7 Å². The van der Waals surface area contributed by atoms with Crippen molar-refractivity contribution in [2.45, 2.75) is 6.92 Å². The second-order valence-corrected chi connectivity index (χ2v) is 3.38. The molecule has 0 saturated carbocycles. The first-order valence-corrected chi connectivity index (χ1v) is 4.88.